The molecule has 1 heterocycles. The molecule has 1 saturated heterocycles. The number of carbonyl (C=O) groups excluding carboxylic acids is 2. The number of nitrogens with zero attached hydrogens (tertiary/aromatic N) is 1. The highest BCUT2D eigenvalue weighted by molar-refractivity contribution is 5.80. The molecule has 7 atom stereocenters. The summed E-state index contributed by atoms with van der Waals surface area (Å²) in [4.78, 5) is 27.2. The summed E-state index contributed by atoms with van der Waals surface area (Å²) in [6, 6.07) is 0.367. The monoisotopic (exact) mass is 403 g/mol. The van der Waals surface area contributed by atoms with Crippen molar-refractivity contribution in [3.63, 3.8) is 0 Å². The predicted molar refractivity (Wildman–Crippen MR) is 115 cm³/mol. The van der Waals surface area contributed by atoms with Gasteiger partial charge in [0.05, 0.1) is 0 Å². The van der Waals surface area contributed by atoms with Gasteiger partial charge in [-0.25, -0.2) is 0 Å². The maximum Gasteiger partial charge on any atom is 0.223 e. The van der Waals surface area contributed by atoms with E-state index in [9.17, 15) is 9.59 Å². The van der Waals surface area contributed by atoms with Crippen LogP contribution < -0.4 is 10.6 Å². The lowest BCUT2D eigenvalue weighted by molar-refractivity contribution is -0.141. The van der Waals surface area contributed by atoms with Crippen molar-refractivity contribution in [3.8, 4) is 0 Å². The number of rotatable bonds is 5. The molecule has 4 aliphatic rings. The first-order valence-corrected chi connectivity index (χ1v) is 12.0. The molecule has 5 nitrogen and oxygen atoms in total. The van der Waals surface area contributed by atoms with Crippen LogP contribution >= 0.6 is 0 Å². The van der Waals surface area contributed by atoms with Crippen LogP contribution in [0.1, 0.15) is 71.6 Å². The van der Waals surface area contributed by atoms with Crippen LogP contribution in [-0.2, 0) is 9.59 Å². The molecule has 164 valence electrons. The first-order chi connectivity index (χ1) is 13.8. The molecular weight excluding hydrogens is 362 g/mol. The Hall–Kier alpha value is -1.10. The van der Waals surface area contributed by atoms with E-state index >= 15 is 0 Å². The number of fused-ring (bicyclic) bond motifs is 5. The lowest BCUT2D eigenvalue weighted by Crippen LogP contribution is -2.61. The molecule has 1 aliphatic heterocycles. The van der Waals surface area contributed by atoms with Gasteiger partial charge in [-0.15, -0.1) is 0 Å². The Labute approximate surface area is 176 Å². The third-order valence-corrected chi connectivity index (χ3v) is 9.49. The third-order valence-electron chi connectivity index (χ3n) is 9.49. The molecule has 2 N–H and O–H groups in total. The summed E-state index contributed by atoms with van der Waals surface area (Å²) >= 11 is 0. The lowest BCUT2D eigenvalue weighted by Gasteiger charge is -2.60. The van der Waals surface area contributed by atoms with Gasteiger partial charge in [0.15, 0.2) is 0 Å². The zero-order valence-corrected chi connectivity index (χ0v) is 18.9. The van der Waals surface area contributed by atoms with E-state index in [4.69, 9.17) is 0 Å². The molecule has 0 aromatic rings. The van der Waals surface area contributed by atoms with E-state index in [0.717, 1.165) is 44.7 Å². The minimum atomic E-state index is 0.161. The van der Waals surface area contributed by atoms with Crippen LogP contribution in [0.3, 0.4) is 0 Å². The molecule has 0 aromatic heterocycles. The highest BCUT2D eigenvalue weighted by Crippen LogP contribution is 2.65. The van der Waals surface area contributed by atoms with Crippen LogP contribution in [0.2, 0.25) is 0 Å². The molecule has 3 saturated carbocycles. The average molecular weight is 404 g/mol. The number of hydrogen-bond acceptors (Lipinski definition) is 3. The summed E-state index contributed by atoms with van der Waals surface area (Å²) in [6.45, 7) is 6.67. The third kappa shape index (κ3) is 3.62. The Morgan fingerprint density at radius 2 is 1.83 bits per heavy atom. The molecule has 0 spiro atoms. The van der Waals surface area contributed by atoms with Crippen LogP contribution in [0.15, 0.2) is 0 Å². The summed E-state index contributed by atoms with van der Waals surface area (Å²) in [5, 5.41) is 6.57. The second-order valence-corrected chi connectivity index (χ2v) is 11.2. The number of carbonyl (C=O) groups is 2. The Bertz CT molecular complexity index is 650. The number of nitrogens with one attached hydrogen (secondary N) is 2. The fourth-order valence-corrected chi connectivity index (χ4v) is 7.86. The molecule has 5 heteroatoms. The summed E-state index contributed by atoms with van der Waals surface area (Å²) in [6.07, 6.45) is 9.76. The SMILES string of the molecule is CN(C)CCCNC(=O)C1CC[C@H]2[C@@H]3CCC4NC(=O)CC[C@]4(C)[C@@H]3CC[C@]12C. The van der Waals surface area contributed by atoms with E-state index in [-0.39, 0.29) is 22.7 Å². The summed E-state index contributed by atoms with van der Waals surface area (Å²) in [5.74, 6) is 2.85. The zero-order valence-electron chi connectivity index (χ0n) is 18.9. The molecule has 0 aromatic carbocycles. The van der Waals surface area contributed by atoms with E-state index in [1.807, 2.05) is 0 Å². The molecule has 29 heavy (non-hydrogen) atoms. The minimum Gasteiger partial charge on any atom is -0.356 e. The molecule has 0 bridgehead atoms. The van der Waals surface area contributed by atoms with Crippen molar-refractivity contribution in [3.05, 3.63) is 0 Å². The van der Waals surface area contributed by atoms with Crippen LogP contribution in [0.5, 0.6) is 0 Å². The van der Waals surface area contributed by atoms with Crippen LogP contribution in [0, 0.1) is 34.5 Å². The first kappa shape index (κ1) is 21.1. The molecule has 0 radical (unpaired) electrons. The van der Waals surface area contributed by atoms with Gasteiger partial charge in [0, 0.05) is 24.9 Å². The second kappa shape index (κ2) is 7.86. The van der Waals surface area contributed by atoms with Crippen molar-refractivity contribution in [1.29, 1.82) is 0 Å². The summed E-state index contributed by atoms with van der Waals surface area (Å²) < 4.78 is 0. The zero-order chi connectivity index (χ0) is 20.8. The van der Waals surface area contributed by atoms with Gasteiger partial charge < -0.3 is 15.5 Å². The lowest BCUT2D eigenvalue weighted by atomic mass is 9.47. The Kier molecular flexibility index (Phi) is 5.73. The van der Waals surface area contributed by atoms with Crippen LogP contribution in [-0.4, -0.2) is 49.9 Å². The van der Waals surface area contributed by atoms with Gasteiger partial charge in [0.25, 0.3) is 0 Å². The Balaban J connectivity index is 1.43. The van der Waals surface area contributed by atoms with Gasteiger partial charge in [-0.1, -0.05) is 13.8 Å². The van der Waals surface area contributed by atoms with Gasteiger partial charge >= 0.3 is 0 Å². The second-order valence-electron chi connectivity index (χ2n) is 11.2. The van der Waals surface area contributed by atoms with Gasteiger partial charge in [0.2, 0.25) is 11.8 Å². The van der Waals surface area contributed by atoms with Crippen molar-refractivity contribution in [2.45, 2.75) is 77.7 Å². The molecule has 4 rings (SSSR count). The largest absolute Gasteiger partial charge is 0.356 e. The van der Waals surface area contributed by atoms with E-state index < -0.39 is 0 Å². The van der Waals surface area contributed by atoms with Gasteiger partial charge in [0.1, 0.15) is 0 Å². The molecule has 2 amide bonds. The Morgan fingerprint density at radius 1 is 1.07 bits per heavy atom. The van der Waals surface area contributed by atoms with Gasteiger partial charge in [-0.05, 0) is 101 Å². The summed E-state index contributed by atoms with van der Waals surface area (Å²) in [7, 11) is 4.16. The van der Waals surface area contributed by atoms with Crippen molar-refractivity contribution in [2.75, 3.05) is 27.2 Å². The maximum absolute atomic E-state index is 13.1. The molecule has 4 fully saturated rings. The molecule has 3 aliphatic carbocycles. The standard InChI is InChI=1S/C24H41N3O2/c1-23-12-10-18-16(6-9-20-24(18,2)13-11-21(28)26-20)17(23)7-8-19(23)22(29)25-14-5-15-27(3)4/h16-20H,5-15H2,1-4H3,(H,25,29)(H,26,28)/t16-,17-,18+,19?,20?,23-,24+/m0/s1. The van der Waals surface area contributed by atoms with Crippen LogP contribution in [0.4, 0.5) is 0 Å². The molecule has 2 unspecified atom stereocenters. The van der Waals surface area contributed by atoms with Crippen molar-refractivity contribution >= 4 is 11.8 Å². The number of hydrogen-bond donors (Lipinski definition) is 2. The maximum atomic E-state index is 13.1. The normalized spacial score (nSPS) is 43.9. The van der Waals surface area contributed by atoms with E-state index in [1.165, 1.54) is 25.7 Å². The summed E-state index contributed by atoms with van der Waals surface area (Å²) in [5.41, 5.74) is 0.415. The van der Waals surface area contributed by atoms with E-state index in [1.54, 1.807) is 0 Å². The fraction of sp³-hybridized carbons (Fsp3) is 0.917. The van der Waals surface area contributed by atoms with Gasteiger partial charge in [-0.3, -0.25) is 9.59 Å². The minimum absolute atomic E-state index is 0.161. The number of amides is 2. The van der Waals surface area contributed by atoms with Crippen molar-refractivity contribution in [1.82, 2.24) is 15.5 Å². The van der Waals surface area contributed by atoms with Gasteiger partial charge in [-0.2, -0.15) is 0 Å². The fourth-order valence-electron chi connectivity index (χ4n) is 7.86. The molecular formula is C24H41N3O2. The van der Waals surface area contributed by atoms with E-state index in [2.05, 4.69) is 43.5 Å². The number of piperidine rings is 1. The van der Waals surface area contributed by atoms with E-state index in [0.29, 0.717) is 30.2 Å². The smallest absolute Gasteiger partial charge is 0.223 e. The van der Waals surface area contributed by atoms with Crippen molar-refractivity contribution in [2.24, 2.45) is 34.5 Å². The topological polar surface area (TPSA) is 61.4 Å². The quantitative estimate of drug-likeness (QED) is 0.693. The highest BCUT2D eigenvalue weighted by atomic mass is 16.2. The average Bonchev–Trinajstić information content (AvgIpc) is 3.03. The van der Waals surface area contributed by atoms with Crippen LogP contribution in [0.25, 0.3) is 0 Å². The highest BCUT2D eigenvalue weighted by Gasteiger charge is 2.61. The first-order valence-electron chi connectivity index (χ1n) is 12.0. The predicted octanol–water partition coefficient (Wildman–Crippen LogP) is 3.19. The van der Waals surface area contributed by atoms with Crippen molar-refractivity contribution < 1.29 is 9.59 Å². The Morgan fingerprint density at radius 3 is 2.59 bits per heavy atom.